The van der Waals surface area contributed by atoms with Crippen molar-refractivity contribution in [2.75, 3.05) is 33.4 Å². The number of likely N-dealkylation sites (tertiary alicyclic amines) is 1. The van der Waals surface area contributed by atoms with Gasteiger partial charge in [0.1, 0.15) is 11.3 Å². The van der Waals surface area contributed by atoms with Crippen LogP contribution < -0.4 is 5.32 Å². The molecule has 1 saturated heterocycles. The number of rotatable bonds is 6. The van der Waals surface area contributed by atoms with Gasteiger partial charge < -0.3 is 19.5 Å². The second-order valence-electron chi connectivity index (χ2n) is 7.48. The van der Waals surface area contributed by atoms with Crippen LogP contribution in [0.25, 0.3) is 22.6 Å². The number of hydrogen-bond donors (Lipinski definition) is 1. The van der Waals surface area contributed by atoms with Gasteiger partial charge in [-0.25, -0.2) is 14.8 Å². The number of imidazole rings is 1. The third-order valence-corrected chi connectivity index (χ3v) is 5.38. The van der Waals surface area contributed by atoms with Gasteiger partial charge in [0, 0.05) is 45.1 Å². The molecule has 0 bridgehead atoms. The van der Waals surface area contributed by atoms with E-state index in [-0.39, 0.29) is 12.1 Å². The number of nitrogens with one attached hydrogen (secondary N) is 1. The van der Waals surface area contributed by atoms with Crippen molar-refractivity contribution in [1.29, 1.82) is 0 Å². The van der Waals surface area contributed by atoms with Gasteiger partial charge in [-0.15, -0.1) is 0 Å². The Bertz CT molecular complexity index is 983. The Morgan fingerprint density at radius 1 is 1.28 bits per heavy atom. The molecule has 0 radical (unpaired) electrons. The summed E-state index contributed by atoms with van der Waals surface area (Å²) in [6, 6.07) is 12.4. The first-order valence-corrected chi connectivity index (χ1v) is 10.1. The minimum Gasteiger partial charge on any atom is -0.385 e. The van der Waals surface area contributed by atoms with Crippen LogP contribution in [0, 0.1) is 6.92 Å². The number of aromatic nitrogens is 3. The van der Waals surface area contributed by atoms with Crippen LogP contribution in [0.5, 0.6) is 0 Å². The SMILES string of the molecule is COCCCNC(=O)N1CCC(n2c(-c3ccc(C)cc3)nc3cccnc32)C1. The number of urea groups is 1. The van der Waals surface area contributed by atoms with Crippen LogP contribution in [0.3, 0.4) is 0 Å². The van der Waals surface area contributed by atoms with E-state index in [4.69, 9.17) is 9.72 Å². The van der Waals surface area contributed by atoms with Crippen molar-refractivity contribution in [1.82, 2.24) is 24.8 Å². The van der Waals surface area contributed by atoms with Crippen molar-refractivity contribution in [3.8, 4) is 11.4 Å². The molecule has 0 saturated carbocycles. The summed E-state index contributed by atoms with van der Waals surface area (Å²) in [5.74, 6) is 0.908. The normalized spacial score (nSPS) is 16.5. The first-order valence-electron chi connectivity index (χ1n) is 10.1. The Hall–Kier alpha value is -2.93. The molecule has 3 aromatic rings. The molecule has 0 aliphatic carbocycles. The van der Waals surface area contributed by atoms with E-state index in [0.717, 1.165) is 41.9 Å². The number of hydrogen-bond acceptors (Lipinski definition) is 4. The first kappa shape index (κ1) is 19.4. The fourth-order valence-corrected chi connectivity index (χ4v) is 3.84. The zero-order valence-electron chi connectivity index (χ0n) is 17.0. The topological polar surface area (TPSA) is 72.3 Å². The van der Waals surface area contributed by atoms with E-state index in [1.807, 2.05) is 17.0 Å². The molecule has 2 amide bonds. The van der Waals surface area contributed by atoms with Crippen LogP contribution in [-0.2, 0) is 4.74 Å². The number of amides is 2. The van der Waals surface area contributed by atoms with Crippen molar-refractivity contribution < 1.29 is 9.53 Å². The van der Waals surface area contributed by atoms with Gasteiger partial charge in [-0.05, 0) is 31.9 Å². The number of ether oxygens (including phenoxy) is 1. The number of carbonyl (C=O) groups excluding carboxylic acids is 1. The maximum Gasteiger partial charge on any atom is 0.317 e. The van der Waals surface area contributed by atoms with Crippen molar-refractivity contribution >= 4 is 17.2 Å². The second-order valence-corrected chi connectivity index (χ2v) is 7.48. The molecule has 1 unspecified atom stereocenters. The van der Waals surface area contributed by atoms with Crippen LogP contribution in [0.4, 0.5) is 4.79 Å². The number of carbonyl (C=O) groups is 1. The van der Waals surface area contributed by atoms with E-state index in [9.17, 15) is 4.79 Å². The molecule has 7 heteroatoms. The standard InChI is InChI=1S/C22H27N5O2/c1-16-6-8-17(9-7-16)20-25-19-5-3-11-23-21(19)27(20)18-10-13-26(15-18)22(28)24-12-4-14-29-2/h3,5-9,11,18H,4,10,12-15H2,1-2H3,(H,24,28). The molecule has 4 rings (SSSR count). The van der Waals surface area contributed by atoms with E-state index >= 15 is 0 Å². The summed E-state index contributed by atoms with van der Waals surface area (Å²) >= 11 is 0. The summed E-state index contributed by atoms with van der Waals surface area (Å²) in [6.45, 7) is 4.72. The van der Waals surface area contributed by atoms with E-state index in [0.29, 0.717) is 19.7 Å². The number of pyridine rings is 1. The van der Waals surface area contributed by atoms with Crippen molar-refractivity contribution in [3.63, 3.8) is 0 Å². The molecule has 1 atom stereocenters. The van der Waals surface area contributed by atoms with Gasteiger partial charge in [0.15, 0.2) is 5.65 Å². The lowest BCUT2D eigenvalue weighted by atomic mass is 10.1. The smallest absolute Gasteiger partial charge is 0.317 e. The Morgan fingerprint density at radius 2 is 2.10 bits per heavy atom. The summed E-state index contributed by atoms with van der Waals surface area (Å²) in [6.07, 6.45) is 3.49. The third kappa shape index (κ3) is 4.10. The molecule has 3 heterocycles. The fraction of sp³-hybridized carbons (Fsp3) is 0.409. The summed E-state index contributed by atoms with van der Waals surface area (Å²) < 4.78 is 7.24. The molecule has 152 valence electrons. The number of aryl methyl sites for hydroxylation is 1. The summed E-state index contributed by atoms with van der Waals surface area (Å²) in [5.41, 5.74) is 4.03. The first-order chi connectivity index (χ1) is 14.2. The zero-order valence-corrected chi connectivity index (χ0v) is 17.0. The van der Waals surface area contributed by atoms with Crippen molar-refractivity contribution in [2.45, 2.75) is 25.8 Å². The highest BCUT2D eigenvalue weighted by Gasteiger charge is 2.30. The van der Waals surface area contributed by atoms with Gasteiger partial charge in [-0.3, -0.25) is 0 Å². The highest BCUT2D eigenvalue weighted by Crippen LogP contribution is 2.32. The molecule has 2 aromatic heterocycles. The van der Waals surface area contributed by atoms with Crippen LogP contribution in [0.1, 0.15) is 24.4 Å². The largest absolute Gasteiger partial charge is 0.385 e. The van der Waals surface area contributed by atoms with Gasteiger partial charge in [0.25, 0.3) is 0 Å². The van der Waals surface area contributed by atoms with Gasteiger partial charge in [0.2, 0.25) is 0 Å². The number of benzene rings is 1. The highest BCUT2D eigenvalue weighted by molar-refractivity contribution is 5.78. The van der Waals surface area contributed by atoms with Crippen LogP contribution >= 0.6 is 0 Å². The van der Waals surface area contributed by atoms with Crippen molar-refractivity contribution in [3.05, 3.63) is 48.2 Å². The quantitative estimate of drug-likeness (QED) is 0.652. The van der Waals surface area contributed by atoms with E-state index in [2.05, 4.69) is 46.1 Å². The monoisotopic (exact) mass is 393 g/mol. The van der Waals surface area contributed by atoms with Crippen LogP contribution in [0.15, 0.2) is 42.6 Å². The lowest BCUT2D eigenvalue weighted by Crippen LogP contribution is -2.39. The van der Waals surface area contributed by atoms with Gasteiger partial charge in [-0.1, -0.05) is 29.8 Å². The van der Waals surface area contributed by atoms with Gasteiger partial charge >= 0.3 is 6.03 Å². The highest BCUT2D eigenvalue weighted by atomic mass is 16.5. The number of methoxy groups -OCH3 is 1. The lowest BCUT2D eigenvalue weighted by Gasteiger charge is -2.19. The summed E-state index contributed by atoms with van der Waals surface area (Å²) in [4.78, 5) is 23.9. The van der Waals surface area contributed by atoms with Gasteiger partial charge in [-0.2, -0.15) is 0 Å². The summed E-state index contributed by atoms with van der Waals surface area (Å²) in [5, 5.41) is 2.98. The van der Waals surface area contributed by atoms with E-state index in [1.165, 1.54) is 5.56 Å². The molecular formula is C22H27N5O2. The van der Waals surface area contributed by atoms with Crippen LogP contribution in [0.2, 0.25) is 0 Å². The lowest BCUT2D eigenvalue weighted by molar-refractivity contribution is 0.188. The minimum atomic E-state index is -0.0159. The molecule has 1 fully saturated rings. The minimum absolute atomic E-state index is 0.0159. The molecule has 0 spiro atoms. The predicted octanol–water partition coefficient (Wildman–Crippen LogP) is 3.40. The molecule has 1 N–H and O–H groups in total. The summed E-state index contributed by atoms with van der Waals surface area (Å²) in [7, 11) is 1.67. The molecule has 7 nitrogen and oxygen atoms in total. The molecular weight excluding hydrogens is 366 g/mol. The molecule has 1 aromatic carbocycles. The maximum absolute atomic E-state index is 12.5. The number of fused-ring (bicyclic) bond motifs is 1. The number of nitrogens with zero attached hydrogens (tertiary/aromatic N) is 4. The Balaban J connectivity index is 1.58. The third-order valence-electron chi connectivity index (χ3n) is 5.38. The second kappa shape index (κ2) is 8.61. The Morgan fingerprint density at radius 3 is 2.90 bits per heavy atom. The van der Waals surface area contributed by atoms with Crippen LogP contribution in [-0.4, -0.2) is 58.8 Å². The molecule has 1 aliphatic rings. The van der Waals surface area contributed by atoms with Crippen molar-refractivity contribution in [2.24, 2.45) is 0 Å². The zero-order chi connectivity index (χ0) is 20.2. The predicted molar refractivity (Wildman–Crippen MR) is 113 cm³/mol. The average Bonchev–Trinajstić information content (AvgIpc) is 3.36. The van der Waals surface area contributed by atoms with E-state index < -0.39 is 0 Å². The van der Waals surface area contributed by atoms with E-state index in [1.54, 1.807) is 13.3 Å². The van der Waals surface area contributed by atoms with Gasteiger partial charge in [0.05, 0.1) is 6.04 Å². The molecule has 1 aliphatic heterocycles. The maximum atomic E-state index is 12.5. The Labute approximate surface area is 170 Å². The Kier molecular flexibility index (Phi) is 5.76. The fourth-order valence-electron chi connectivity index (χ4n) is 3.84. The molecule has 29 heavy (non-hydrogen) atoms. The average molecular weight is 393 g/mol.